The Balaban J connectivity index is 1.67. The van der Waals surface area contributed by atoms with Crippen molar-refractivity contribution >= 4 is 0 Å². The summed E-state index contributed by atoms with van der Waals surface area (Å²) in [6.07, 6.45) is 4.84. The molecule has 0 amide bonds. The van der Waals surface area contributed by atoms with Crippen LogP contribution in [-0.4, -0.2) is 22.7 Å². The number of fused-ring (bicyclic) bond motifs is 1. The predicted octanol–water partition coefficient (Wildman–Crippen LogP) is 2.26. The van der Waals surface area contributed by atoms with Gasteiger partial charge >= 0.3 is 0 Å². The fraction of sp³-hybridized carbons (Fsp3) is 0.353. The van der Waals surface area contributed by atoms with Gasteiger partial charge in [-0.3, -0.25) is 4.98 Å². The largest absolute Gasteiger partial charge is 0.395 e. The quantitative estimate of drug-likeness (QED) is 0.874. The first kappa shape index (κ1) is 13.3. The number of aliphatic hydroxyl groups is 1. The predicted molar refractivity (Wildman–Crippen MR) is 79.5 cm³/mol. The van der Waals surface area contributed by atoms with Crippen LogP contribution in [0.15, 0.2) is 48.7 Å². The van der Waals surface area contributed by atoms with Gasteiger partial charge in [0.15, 0.2) is 0 Å². The molecule has 1 aromatic heterocycles. The summed E-state index contributed by atoms with van der Waals surface area (Å²) in [7, 11) is 0. The van der Waals surface area contributed by atoms with E-state index in [1.807, 2.05) is 30.5 Å². The van der Waals surface area contributed by atoms with E-state index in [0.29, 0.717) is 0 Å². The molecule has 3 heteroatoms. The molecule has 2 aromatic rings. The van der Waals surface area contributed by atoms with Crippen LogP contribution < -0.4 is 5.32 Å². The van der Waals surface area contributed by atoms with Crippen LogP contribution in [0.3, 0.4) is 0 Å². The molecule has 20 heavy (non-hydrogen) atoms. The highest BCUT2D eigenvalue weighted by atomic mass is 16.3. The molecule has 0 saturated carbocycles. The maximum Gasteiger partial charge on any atom is 0.0605 e. The molecule has 2 atom stereocenters. The van der Waals surface area contributed by atoms with Crippen molar-refractivity contribution in [2.75, 3.05) is 6.61 Å². The number of aliphatic hydroxyl groups excluding tert-OH is 1. The third-order valence-corrected chi connectivity index (χ3v) is 3.94. The standard InChI is InChI=1S/C17H20N2O/c20-12-15(11-13-5-2-1-3-6-13)19-16-9-8-14-7-4-10-18-17(14)16/h1-7,10,15-16,19-20H,8-9,11-12H2. The molecule has 2 N–H and O–H groups in total. The average molecular weight is 268 g/mol. The maximum atomic E-state index is 9.61. The molecule has 3 rings (SSSR count). The highest BCUT2D eigenvalue weighted by Crippen LogP contribution is 2.29. The lowest BCUT2D eigenvalue weighted by Gasteiger charge is -2.21. The molecule has 2 unspecified atom stereocenters. The SMILES string of the molecule is OCC(Cc1ccccc1)NC1CCc2cccnc21. The minimum atomic E-state index is 0.0790. The normalized spacial score (nSPS) is 18.8. The first-order valence-electron chi connectivity index (χ1n) is 7.21. The van der Waals surface area contributed by atoms with Crippen LogP contribution in [0.4, 0.5) is 0 Å². The number of pyridine rings is 1. The molecule has 0 fully saturated rings. The van der Waals surface area contributed by atoms with Crippen molar-refractivity contribution in [2.24, 2.45) is 0 Å². The minimum absolute atomic E-state index is 0.0790. The molecule has 1 aliphatic rings. The number of nitrogens with one attached hydrogen (secondary N) is 1. The Hall–Kier alpha value is -1.71. The van der Waals surface area contributed by atoms with E-state index in [1.54, 1.807) is 0 Å². The Morgan fingerprint density at radius 3 is 2.85 bits per heavy atom. The van der Waals surface area contributed by atoms with Gasteiger partial charge in [-0.05, 0) is 36.5 Å². The summed E-state index contributed by atoms with van der Waals surface area (Å²) < 4.78 is 0. The second-order valence-electron chi connectivity index (χ2n) is 5.37. The van der Waals surface area contributed by atoms with Crippen LogP contribution in [0.1, 0.15) is 29.3 Å². The molecule has 1 aliphatic carbocycles. The third-order valence-electron chi connectivity index (χ3n) is 3.94. The van der Waals surface area contributed by atoms with E-state index in [-0.39, 0.29) is 18.7 Å². The van der Waals surface area contributed by atoms with E-state index >= 15 is 0 Å². The topological polar surface area (TPSA) is 45.1 Å². The zero-order chi connectivity index (χ0) is 13.8. The van der Waals surface area contributed by atoms with E-state index in [0.717, 1.165) is 25.0 Å². The molecule has 104 valence electrons. The van der Waals surface area contributed by atoms with Crippen LogP contribution in [0.2, 0.25) is 0 Å². The van der Waals surface area contributed by atoms with Gasteiger partial charge in [-0.2, -0.15) is 0 Å². The summed E-state index contributed by atoms with van der Waals surface area (Å²) in [5, 5.41) is 13.2. The Labute approximate surface area is 119 Å². The van der Waals surface area contributed by atoms with Crippen molar-refractivity contribution in [3.8, 4) is 0 Å². The Bertz CT molecular complexity index is 556. The maximum absolute atomic E-state index is 9.61. The van der Waals surface area contributed by atoms with Gasteiger partial charge in [-0.1, -0.05) is 36.4 Å². The molecule has 0 aliphatic heterocycles. The molecule has 0 bridgehead atoms. The zero-order valence-electron chi connectivity index (χ0n) is 11.5. The van der Waals surface area contributed by atoms with Gasteiger partial charge in [-0.25, -0.2) is 0 Å². The van der Waals surface area contributed by atoms with Crippen molar-refractivity contribution < 1.29 is 5.11 Å². The number of nitrogens with zero attached hydrogens (tertiary/aromatic N) is 1. The number of rotatable bonds is 5. The monoisotopic (exact) mass is 268 g/mol. The van der Waals surface area contributed by atoms with Crippen molar-refractivity contribution in [1.29, 1.82) is 0 Å². The van der Waals surface area contributed by atoms with E-state index < -0.39 is 0 Å². The summed E-state index contributed by atoms with van der Waals surface area (Å²) in [5.41, 5.74) is 3.73. The van der Waals surface area contributed by atoms with Gasteiger partial charge in [-0.15, -0.1) is 0 Å². The van der Waals surface area contributed by atoms with Gasteiger partial charge < -0.3 is 10.4 Å². The van der Waals surface area contributed by atoms with Gasteiger partial charge in [0.1, 0.15) is 0 Å². The summed E-state index contributed by atoms with van der Waals surface area (Å²) in [5.74, 6) is 0. The van der Waals surface area contributed by atoms with Gasteiger partial charge in [0, 0.05) is 12.2 Å². The molecule has 0 spiro atoms. The molecular formula is C17H20N2O. The van der Waals surface area contributed by atoms with E-state index in [9.17, 15) is 5.11 Å². The lowest BCUT2D eigenvalue weighted by Crippen LogP contribution is -2.37. The molecule has 1 aromatic carbocycles. The highest BCUT2D eigenvalue weighted by Gasteiger charge is 2.25. The Morgan fingerprint density at radius 1 is 1.20 bits per heavy atom. The van der Waals surface area contributed by atoms with E-state index in [4.69, 9.17) is 0 Å². The average Bonchev–Trinajstić information content (AvgIpc) is 2.91. The summed E-state index contributed by atoms with van der Waals surface area (Å²) in [6.45, 7) is 0.146. The van der Waals surface area contributed by atoms with Crippen LogP contribution in [0.5, 0.6) is 0 Å². The fourth-order valence-electron chi connectivity index (χ4n) is 2.93. The van der Waals surface area contributed by atoms with Gasteiger partial charge in [0.2, 0.25) is 0 Å². The number of aromatic nitrogens is 1. The van der Waals surface area contributed by atoms with Crippen LogP contribution >= 0.6 is 0 Å². The number of benzene rings is 1. The van der Waals surface area contributed by atoms with Crippen LogP contribution in [0.25, 0.3) is 0 Å². The number of hydrogen-bond acceptors (Lipinski definition) is 3. The Kier molecular flexibility index (Phi) is 4.09. The third kappa shape index (κ3) is 2.89. The zero-order valence-corrected chi connectivity index (χ0v) is 11.5. The fourth-order valence-corrected chi connectivity index (χ4v) is 2.93. The molecular weight excluding hydrogens is 248 g/mol. The molecule has 0 radical (unpaired) electrons. The smallest absolute Gasteiger partial charge is 0.0605 e. The molecule has 3 nitrogen and oxygen atoms in total. The van der Waals surface area contributed by atoms with E-state index in [2.05, 4.69) is 28.5 Å². The van der Waals surface area contributed by atoms with Crippen molar-refractivity contribution in [1.82, 2.24) is 10.3 Å². The molecule has 1 heterocycles. The van der Waals surface area contributed by atoms with Crippen LogP contribution in [-0.2, 0) is 12.8 Å². The number of hydrogen-bond donors (Lipinski definition) is 2. The minimum Gasteiger partial charge on any atom is -0.395 e. The number of aryl methyl sites for hydroxylation is 1. The lowest BCUT2D eigenvalue weighted by atomic mass is 10.1. The second-order valence-corrected chi connectivity index (χ2v) is 5.37. The summed E-state index contributed by atoms with van der Waals surface area (Å²) in [6, 6.07) is 14.8. The van der Waals surface area contributed by atoms with Crippen LogP contribution in [0, 0.1) is 0 Å². The van der Waals surface area contributed by atoms with Gasteiger partial charge in [0.05, 0.1) is 18.3 Å². The van der Waals surface area contributed by atoms with Crippen molar-refractivity contribution in [3.63, 3.8) is 0 Å². The first-order valence-corrected chi connectivity index (χ1v) is 7.21. The summed E-state index contributed by atoms with van der Waals surface area (Å²) >= 11 is 0. The first-order chi connectivity index (χ1) is 9.86. The van der Waals surface area contributed by atoms with Gasteiger partial charge in [0.25, 0.3) is 0 Å². The van der Waals surface area contributed by atoms with Crippen molar-refractivity contribution in [3.05, 3.63) is 65.5 Å². The summed E-state index contributed by atoms with van der Waals surface area (Å²) in [4.78, 5) is 4.49. The second kappa shape index (κ2) is 6.16. The lowest BCUT2D eigenvalue weighted by molar-refractivity contribution is 0.229. The highest BCUT2D eigenvalue weighted by molar-refractivity contribution is 5.28. The van der Waals surface area contributed by atoms with Crippen molar-refractivity contribution in [2.45, 2.75) is 31.3 Å². The Morgan fingerprint density at radius 2 is 2.05 bits per heavy atom. The van der Waals surface area contributed by atoms with E-state index in [1.165, 1.54) is 11.1 Å². The molecule has 0 saturated heterocycles.